The van der Waals surface area contributed by atoms with Gasteiger partial charge in [-0.3, -0.25) is 0 Å². The molecule has 0 nitrogen and oxygen atoms in total. The van der Waals surface area contributed by atoms with E-state index in [0.29, 0.717) is 0 Å². The number of hydrogen-bond acceptors (Lipinski definition) is 0. The Morgan fingerprint density at radius 1 is 0.889 bits per heavy atom. The van der Waals surface area contributed by atoms with Crippen molar-refractivity contribution >= 4 is 8.41 Å². The van der Waals surface area contributed by atoms with Gasteiger partial charge < -0.3 is 13.8 Å². The minimum absolute atomic E-state index is 0. The average Bonchev–Trinajstić information content (AvgIpc) is 2.23. The van der Waals surface area contributed by atoms with Crippen molar-refractivity contribution in [1.29, 1.82) is 0 Å². The van der Waals surface area contributed by atoms with Gasteiger partial charge in [-0.2, -0.15) is 12.8 Å². The molecular weight excluding hydrogens is 292 g/mol. The number of rotatable bonds is 2. The second-order valence-electron chi connectivity index (χ2n) is 5.67. The molecule has 2 rings (SSSR count). The molecule has 2 heteroatoms. The van der Waals surface area contributed by atoms with E-state index in [4.69, 9.17) is 0 Å². The van der Waals surface area contributed by atoms with Crippen molar-refractivity contribution in [3.05, 3.63) is 13.8 Å². The smallest absolute Gasteiger partial charge is 0 e. The molecule has 0 heterocycles. The maximum atomic E-state index is 2.49. The summed E-state index contributed by atoms with van der Waals surface area (Å²) in [6.45, 7) is 2.42. The van der Waals surface area contributed by atoms with Crippen LogP contribution in [0.5, 0.6) is 0 Å². The van der Waals surface area contributed by atoms with Crippen LogP contribution in [0.15, 0.2) is 0 Å². The third-order valence-electron chi connectivity index (χ3n) is 4.36. The van der Waals surface area contributed by atoms with Gasteiger partial charge in [0.2, 0.25) is 0 Å². The first-order valence-electron chi connectivity index (χ1n) is 6.66. The molecule has 2 aliphatic rings. The van der Waals surface area contributed by atoms with E-state index in [9.17, 15) is 0 Å². The Morgan fingerprint density at radius 2 is 1.33 bits per heavy atom. The summed E-state index contributed by atoms with van der Waals surface area (Å²) in [5.41, 5.74) is 0. The van der Waals surface area contributed by atoms with E-state index >= 15 is 0 Å². The maximum absolute atomic E-state index is 2.49. The normalized spacial score (nSPS) is 27.8. The summed E-state index contributed by atoms with van der Waals surface area (Å²) < 4.78 is 0. The van der Waals surface area contributed by atoms with Crippen molar-refractivity contribution in [2.24, 2.45) is 17.8 Å². The molecule has 0 aromatic heterocycles. The molecule has 0 aromatic carbocycles. The van der Waals surface area contributed by atoms with Crippen LogP contribution in [0, 0.1) is 31.6 Å². The minimum atomic E-state index is 0. The van der Waals surface area contributed by atoms with E-state index in [2.05, 4.69) is 13.3 Å². The predicted molar refractivity (Wildman–Crippen MR) is 80.9 cm³/mol. The van der Waals surface area contributed by atoms with E-state index in [1.165, 1.54) is 51.4 Å². The molecule has 0 aromatic rings. The Hall–Kier alpha value is 1.17. The van der Waals surface area contributed by atoms with Gasteiger partial charge >= 0.3 is 0 Å². The molecule has 0 amide bonds. The Morgan fingerprint density at radius 3 is 1.83 bits per heavy atom. The van der Waals surface area contributed by atoms with E-state index in [-0.39, 0.29) is 56.0 Å². The van der Waals surface area contributed by atoms with Crippen LogP contribution in [-0.4, -0.2) is 8.41 Å². The van der Waals surface area contributed by atoms with Crippen LogP contribution in [0.4, 0.5) is 0 Å². The van der Waals surface area contributed by atoms with Crippen molar-refractivity contribution in [1.82, 2.24) is 0 Å². The molecule has 0 saturated heterocycles. The summed E-state index contributed by atoms with van der Waals surface area (Å²) in [6, 6.07) is 0. The van der Waals surface area contributed by atoms with Gasteiger partial charge in [-0.15, -0.1) is 0 Å². The first-order valence-corrected chi connectivity index (χ1v) is 6.66. The molecule has 0 unspecified atom stereocenters. The standard InChI is InChI=1S/C14H25.CH4.CH3.B.Y/c1-12-7-9-14(10-8-12)11-13-5-3-2-4-6-13;;;;/h2,12-14H,3-11H2,1H3;1H4;1H3;;/q-1;;-1;;. The Kier molecular flexibility index (Phi) is 17.7. The summed E-state index contributed by atoms with van der Waals surface area (Å²) in [7, 11) is 0. The molecule has 0 N–H and O–H groups in total. The molecule has 0 aliphatic heterocycles. The molecule has 0 bridgehead atoms. The SMILES string of the molecule is C.CC1CCC(CC2CC[CH-]CC2)CC1.[B].[CH3-].[Y]. The molecule has 2 aliphatic carbocycles. The molecule has 18 heavy (non-hydrogen) atoms. The summed E-state index contributed by atoms with van der Waals surface area (Å²) in [5.74, 6) is 3.19. The van der Waals surface area contributed by atoms with Gasteiger partial charge in [-0.1, -0.05) is 52.9 Å². The summed E-state index contributed by atoms with van der Waals surface area (Å²) in [5, 5.41) is 0. The zero-order chi connectivity index (χ0) is 9.80. The van der Waals surface area contributed by atoms with Gasteiger partial charge in [-0.05, 0) is 24.2 Å². The van der Waals surface area contributed by atoms with E-state index in [1.807, 2.05) is 0 Å². The zero-order valence-electron chi connectivity index (χ0n) is 11.8. The quantitative estimate of drug-likeness (QED) is 0.478. The van der Waals surface area contributed by atoms with Crippen LogP contribution in [-0.2, 0) is 32.7 Å². The first-order chi connectivity index (χ1) is 6.84. The third kappa shape index (κ3) is 8.36. The van der Waals surface area contributed by atoms with Crippen molar-refractivity contribution < 1.29 is 32.7 Å². The average molecular weight is 324 g/mol. The molecule has 4 radical (unpaired) electrons. The molecule has 0 spiro atoms. The maximum Gasteiger partial charge on any atom is 0 e. The fourth-order valence-corrected chi connectivity index (χ4v) is 3.27. The van der Waals surface area contributed by atoms with Crippen LogP contribution in [0.25, 0.3) is 0 Å². The molecule has 0 atom stereocenters. The fourth-order valence-electron chi connectivity index (χ4n) is 3.27. The van der Waals surface area contributed by atoms with Crippen molar-refractivity contribution in [2.45, 2.75) is 72.1 Å². The van der Waals surface area contributed by atoms with Gasteiger partial charge in [-0.25, -0.2) is 0 Å². The monoisotopic (exact) mass is 324 g/mol. The first kappa shape index (κ1) is 24.2. The topological polar surface area (TPSA) is 0 Å². The summed E-state index contributed by atoms with van der Waals surface area (Å²) in [4.78, 5) is 0. The van der Waals surface area contributed by atoms with E-state index < -0.39 is 0 Å². The van der Waals surface area contributed by atoms with Gasteiger partial charge in [0.25, 0.3) is 0 Å². The van der Waals surface area contributed by atoms with Gasteiger partial charge in [0.1, 0.15) is 0 Å². The Balaban J connectivity index is -0.000000562. The van der Waals surface area contributed by atoms with Gasteiger partial charge in [0.05, 0.1) is 0 Å². The Bertz CT molecular complexity index is 158. The minimum Gasteiger partial charge on any atom is -0.358 e. The van der Waals surface area contributed by atoms with E-state index in [0.717, 1.165) is 17.8 Å². The Labute approximate surface area is 144 Å². The third-order valence-corrected chi connectivity index (χ3v) is 4.36. The molecule has 104 valence electrons. The largest absolute Gasteiger partial charge is 0.358 e. The second kappa shape index (κ2) is 13.2. The molecule has 2 fully saturated rings. The summed E-state index contributed by atoms with van der Waals surface area (Å²) >= 11 is 0. The van der Waals surface area contributed by atoms with Crippen LogP contribution < -0.4 is 0 Å². The van der Waals surface area contributed by atoms with Gasteiger partial charge in [0.15, 0.2) is 0 Å². The van der Waals surface area contributed by atoms with Crippen LogP contribution in [0.2, 0.25) is 0 Å². The van der Waals surface area contributed by atoms with E-state index in [1.54, 1.807) is 6.42 Å². The van der Waals surface area contributed by atoms with Crippen molar-refractivity contribution in [3.63, 3.8) is 0 Å². The molecular formula is C16H32BY-2. The second-order valence-corrected chi connectivity index (χ2v) is 5.67. The van der Waals surface area contributed by atoms with Gasteiger partial charge in [0, 0.05) is 41.1 Å². The zero-order valence-corrected chi connectivity index (χ0v) is 14.7. The van der Waals surface area contributed by atoms with Crippen LogP contribution in [0.3, 0.4) is 0 Å². The fraction of sp³-hybridized carbons (Fsp3) is 0.875. The number of hydrogen-bond donors (Lipinski definition) is 0. The summed E-state index contributed by atoms with van der Waals surface area (Å²) in [6.07, 6.45) is 15.9. The molecule has 2 saturated carbocycles. The van der Waals surface area contributed by atoms with Crippen LogP contribution >= 0.6 is 0 Å². The van der Waals surface area contributed by atoms with Crippen molar-refractivity contribution in [2.75, 3.05) is 0 Å². The van der Waals surface area contributed by atoms with Crippen molar-refractivity contribution in [3.8, 4) is 0 Å². The van der Waals surface area contributed by atoms with Crippen LogP contribution in [0.1, 0.15) is 72.1 Å². The predicted octanol–water partition coefficient (Wildman–Crippen LogP) is 5.30.